The Labute approximate surface area is 132 Å². The van der Waals surface area contributed by atoms with Gasteiger partial charge in [-0.1, -0.05) is 31.4 Å². The van der Waals surface area contributed by atoms with E-state index in [2.05, 4.69) is 10.6 Å². The first-order valence-electron chi connectivity index (χ1n) is 7.91. The minimum atomic E-state index is -0.177. The van der Waals surface area contributed by atoms with E-state index in [1.54, 1.807) is 14.1 Å². The number of benzene rings is 1. The second kappa shape index (κ2) is 7.82. The van der Waals surface area contributed by atoms with Crippen LogP contribution in [0.25, 0.3) is 0 Å². The van der Waals surface area contributed by atoms with Gasteiger partial charge in [-0.05, 0) is 30.5 Å². The molecule has 0 atom stereocenters. The Morgan fingerprint density at radius 1 is 1.18 bits per heavy atom. The zero-order chi connectivity index (χ0) is 15.9. The first-order valence-corrected chi connectivity index (χ1v) is 7.91. The van der Waals surface area contributed by atoms with E-state index in [1.165, 1.54) is 24.2 Å². The van der Waals surface area contributed by atoms with Crippen molar-refractivity contribution in [3.05, 3.63) is 29.8 Å². The maximum atomic E-state index is 12.1. The summed E-state index contributed by atoms with van der Waals surface area (Å²) in [5.74, 6) is 0.0583. The van der Waals surface area contributed by atoms with Crippen molar-refractivity contribution < 1.29 is 9.59 Å². The molecule has 1 aromatic carbocycles. The maximum absolute atomic E-state index is 12.1. The number of carbonyl (C=O) groups is 2. The molecule has 2 rings (SSSR count). The van der Waals surface area contributed by atoms with Crippen molar-refractivity contribution in [3.8, 4) is 0 Å². The summed E-state index contributed by atoms with van der Waals surface area (Å²) in [5.41, 5.74) is 1.62. The van der Waals surface area contributed by atoms with Gasteiger partial charge in [0.2, 0.25) is 5.91 Å². The van der Waals surface area contributed by atoms with Crippen LogP contribution in [0.15, 0.2) is 24.3 Å². The second-order valence-electron chi connectivity index (χ2n) is 6.10. The molecule has 120 valence electrons. The predicted molar refractivity (Wildman–Crippen MR) is 87.9 cm³/mol. The lowest BCUT2D eigenvalue weighted by Gasteiger charge is -2.22. The predicted octanol–water partition coefficient (Wildman–Crippen LogP) is 2.77. The Balaban J connectivity index is 1.89. The molecule has 0 unspecified atom stereocenters. The molecule has 5 nitrogen and oxygen atoms in total. The molecule has 1 aromatic rings. The molecule has 2 N–H and O–H groups in total. The third-order valence-electron chi connectivity index (χ3n) is 3.92. The molecule has 0 saturated heterocycles. The molecule has 1 saturated carbocycles. The van der Waals surface area contributed by atoms with E-state index < -0.39 is 0 Å². The molecule has 0 spiro atoms. The highest BCUT2D eigenvalue weighted by Crippen LogP contribution is 2.18. The van der Waals surface area contributed by atoms with Crippen molar-refractivity contribution in [2.75, 3.05) is 19.4 Å². The fourth-order valence-corrected chi connectivity index (χ4v) is 2.71. The molecule has 1 aliphatic rings. The number of hydrogen-bond acceptors (Lipinski definition) is 2. The first-order chi connectivity index (χ1) is 10.5. The lowest BCUT2D eigenvalue weighted by Crippen LogP contribution is -2.37. The van der Waals surface area contributed by atoms with Crippen LogP contribution in [0.5, 0.6) is 0 Å². The Morgan fingerprint density at radius 2 is 1.91 bits per heavy atom. The van der Waals surface area contributed by atoms with E-state index in [4.69, 9.17) is 0 Å². The number of carbonyl (C=O) groups excluding carboxylic acids is 2. The van der Waals surface area contributed by atoms with Crippen LogP contribution in [0.3, 0.4) is 0 Å². The van der Waals surface area contributed by atoms with Gasteiger partial charge >= 0.3 is 6.03 Å². The molecule has 1 aliphatic carbocycles. The van der Waals surface area contributed by atoms with E-state index in [1.807, 2.05) is 24.3 Å². The molecule has 0 radical (unpaired) electrons. The summed E-state index contributed by atoms with van der Waals surface area (Å²) >= 11 is 0. The number of amides is 3. The standard InChI is InChI=1S/C17H25N3O2/c1-20(2)17(22)19-15-10-6-7-13(11-15)12-16(21)18-14-8-4-3-5-9-14/h6-7,10-11,14H,3-5,8-9,12H2,1-2H3,(H,18,21)(H,19,22). The average Bonchev–Trinajstić information content (AvgIpc) is 2.48. The third kappa shape index (κ3) is 5.06. The fourth-order valence-electron chi connectivity index (χ4n) is 2.71. The van der Waals surface area contributed by atoms with E-state index in [0.717, 1.165) is 18.4 Å². The van der Waals surface area contributed by atoms with Crippen molar-refractivity contribution in [3.63, 3.8) is 0 Å². The molecule has 0 bridgehead atoms. The molecule has 0 aliphatic heterocycles. The number of hydrogen-bond donors (Lipinski definition) is 2. The molecule has 1 fully saturated rings. The topological polar surface area (TPSA) is 61.4 Å². The quantitative estimate of drug-likeness (QED) is 0.898. The summed E-state index contributed by atoms with van der Waals surface area (Å²) in [4.78, 5) is 25.2. The Morgan fingerprint density at radius 3 is 2.59 bits per heavy atom. The van der Waals surface area contributed by atoms with Gasteiger partial charge in [0.1, 0.15) is 0 Å². The van der Waals surface area contributed by atoms with Crippen molar-refractivity contribution in [1.82, 2.24) is 10.2 Å². The van der Waals surface area contributed by atoms with Crippen LogP contribution in [0.1, 0.15) is 37.7 Å². The fraction of sp³-hybridized carbons (Fsp3) is 0.529. The maximum Gasteiger partial charge on any atom is 0.321 e. The highest BCUT2D eigenvalue weighted by atomic mass is 16.2. The van der Waals surface area contributed by atoms with Crippen LogP contribution in [0.4, 0.5) is 10.5 Å². The van der Waals surface area contributed by atoms with Crippen LogP contribution in [-0.4, -0.2) is 37.0 Å². The van der Waals surface area contributed by atoms with Crippen LogP contribution >= 0.6 is 0 Å². The highest BCUT2D eigenvalue weighted by Gasteiger charge is 2.15. The lowest BCUT2D eigenvalue weighted by molar-refractivity contribution is -0.121. The third-order valence-corrected chi connectivity index (χ3v) is 3.92. The first kappa shape index (κ1) is 16.3. The SMILES string of the molecule is CN(C)C(=O)Nc1cccc(CC(=O)NC2CCCCC2)c1. The van der Waals surface area contributed by atoms with Crippen LogP contribution in [-0.2, 0) is 11.2 Å². The summed E-state index contributed by atoms with van der Waals surface area (Å²) in [5, 5.41) is 5.90. The van der Waals surface area contributed by atoms with Gasteiger partial charge in [-0.25, -0.2) is 4.79 Å². The molecular weight excluding hydrogens is 278 g/mol. The summed E-state index contributed by atoms with van der Waals surface area (Å²) < 4.78 is 0. The summed E-state index contributed by atoms with van der Waals surface area (Å²) in [6, 6.07) is 7.59. The smallest absolute Gasteiger partial charge is 0.321 e. The monoisotopic (exact) mass is 303 g/mol. The largest absolute Gasteiger partial charge is 0.353 e. The molecule has 22 heavy (non-hydrogen) atoms. The van der Waals surface area contributed by atoms with E-state index in [-0.39, 0.29) is 11.9 Å². The van der Waals surface area contributed by atoms with Crippen molar-refractivity contribution in [2.45, 2.75) is 44.6 Å². The minimum Gasteiger partial charge on any atom is -0.353 e. The van der Waals surface area contributed by atoms with Gasteiger partial charge in [0.15, 0.2) is 0 Å². The number of anilines is 1. The lowest BCUT2D eigenvalue weighted by atomic mass is 9.95. The number of urea groups is 1. The Hall–Kier alpha value is -2.04. The zero-order valence-electron chi connectivity index (χ0n) is 13.4. The van der Waals surface area contributed by atoms with E-state index in [9.17, 15) is 9.59 Å². The summed E-state index contributed by atoms with van der Waals surface area (Å²) in [6.07, 6.45) is 6.21. The van der Waals surface area contributed by atoms with Gasteiger partial charge in [0.05, 0.1) is 6.42 Å². The zero-order valence-corrected chi connectivity index (χ0v) is 13.4. The molecule has 3 amide bonds. The summed E-state index contributed by atoms with van der Waals surface area (Å²) in [7, 11) is 3.38. The van der Waals surface area contributed by atoms with Gasteiger partial charge < -0.3 is 15.5 Å². The molecule has 0 heterocycles. The van der Waals surface area contributed by atoms with Gasteiger partial charge in [-0.2, -0.15) is 0 Å². The molecular formula is C17H25N3O2. The second-order valence-corrected chi connectivity index (χ2v) is 6.10. The van der Waals surface area contributed by atoms with E-state index >= 15 is 0 Å². The Bertz CT molecular complexity index is 522. The number of nitrogens with one attached hydrogen (secondary N) is 2. The average molecular weight is 303 g/mol. The number of rotatable bonds is 4. The van der Waals surface area contributed by atoms with Crippen LogP contribution in [0.2, 0.25) is 0 Å². The summed E-state index contributed by atoms with van der Waals surface area (Å²) in [6.45, 7) is 0. The van der Waals surface area contributed by atoms with Crippen LogP contribution in [0, 0.1) is 0 Å². The van der Waals surface area contributed by atoms with Crippen molar-refractivity contribution in [1.29, 1.82) is 0 Å². The van der Waals surface area contributed by atoms with Gasteiger partial charge in [0.25, 0.3) is 0 Å². The molecule has 0 aromatic heterocycles. The minimum absolute atomic E-state index is 0.0583. The van der Waals surface area contributed by atoms with Gasteiger partial charge in [-0.3, -0.25) is 4.79 Å². The van der Waals surface area contributed by atoms with Gasteiger partial charge in [-0.15, -0.1) is 0 Å². The normalized spacial score (nSPS) is 15.2. The number of nitrogens with zero attached hydrogens (tertiary/aromatic N) is 1. The molecule has 5 heteroatoms. The highest BCUT2D eigenvalue weighted by molar-refractivity contribution is 5.89. The van der Waals surface area contributed by atoms with E-state index in [0.29, 0.717) is 18.2 Å². The van der Waals surface area contributed by atoms with Crippen LogP contribution < -0.4 is 10.6 Å². The Kier molecular flexibility index (Phi) is 5.81. The van der Waals surface area contributed by atoms with Gasteiger partial charge in [0, 0.05) is 25.8 Å². The van der Waals surface area contributed by atoms with Crippen molar-refractivity contribution >= 4 is 17.6 Å². The van der Waals surface area contributed by atoms with Crippen molar-refractivity contribution in [2.24, 2.45) is 0 Å².